The lowest BCUT2D eigenvalue weighted by atomic mass is 10.1. The molecule has 1 aromatic heterocycles. The molecule has 0 aliphatic rings. The van der Waals surface area contributed by atoms with Gasteiger partial charge in [-0.25, -0.2) is 0 Å². The van der Waals surface area contributed by atoms with Crippen LogP contribution in [0.15, 0.2) is 35.0 Å². The molecule has 0 aliphatic carbocycles. The van der Waals surface area contributed by atoms with Gasteiger partial charge in [-0.2, -0.15) is 11.3 Å². The van der Waals surface area contributed by atoms with E-state index < -0.39 is 0 Å². The number of benzene rings is 1. The van der Waals surface area contributed by atoms with Crippen LogP contribution in [0.1, 0.15) is 15.9 Å². The average molecular weight is 276 g/mol. The number of rotatable bonds is 4. The summed E-state index contributed by atoms with van der Waals surface area (Å²) < 4.78 is 5.07. The summed E-state index contributed by atoms with van der Waals surface area (Å²) in [6, 6.07) is 7.10. The molecule has 0 unspecified atom stereocenters. The molecule has 0 spiro atoms. The first kappa shape index (κ1) is 13.4. The van der Waals surface area contributed by atoms with E-state index in [0.717, 1.165) is 5.56 Å². The first-order chi connectivity index (χ1) is 9.11. The lowest BCUT2D eigenvalue weighted by Crippen LogP contribution is -2.26. The maximum Gasteiger partial charge on any atom is 0.255 e. The Balaban J connectivity index is 2.14. The van der Waals surface area contributed by atoms with Gasteiger partial charge in [-0.1, -0.05) is 0 Å². The molecule has 100 valence electrons. The number of ether oxygens (including phenoxy) is 1. The largest absolute Gasteiger partial charge is 0.497 e. The summed E-state index contributed by atoms with van der Waals surface area (Å²) in [6.07, 6.45) is 0. The van der Waals surface area contributed by atoms with Crippen LogP contribution in [0.5, 0.6) is 5.75 Å². The third-order valence-electron chi connectivity index (χ3n) is 2.84. The van der Waals surface area contributed by atoms with Crippen molar-refractivity contribution in [3.05, 3.63) is 46.2 Å². The molecule has 2 aromatic rings. The van der Waals surface area contributed by atoms with Gasteiger partial charge >= 0.3 is 0 Å². The quantitative estimate of drug-likeness (QED) is 0.873. The molecule has 1 aromatic carbocycles. The number of nitrogens with two attached hydrogens (primary N) is 1. The van der Waals surface area contributed by atoms with Crippen molar-refractivity contribution in [3.63, 3.8) is 0 Å². The number of thiophene rings is 1. The average Bonchev–Trinajstić information content (AvgIpc) is 2.90. The molecule has 1 amide bonds. The van der Waals surface area contributed by atoms with E-state index >= 15 is 0 Å². The van der Waals surface area contributed by atoms with Crippen LogP contribution in [-0.2, 0) is 6.54 Å². The van der Waals surface area contributed by atoms with Gasteiger partial charge in [0.2, 0.25) is 0 Å². The third kappa shape index (κ3) is 3.06. The topological polar surface area (TPSA) is 55.6 Å². The molecular formula is C14H16N2O2S. The number of carbonyl (C=O) groups excluding carboxylic acids is 1. The molecule has 5 heteroatoms. The van der Waals surface area contributed by atoms with E-state index in [2.05, 4.69) is 0 Å². The minimum Gasteiger partial charge on any atom is -0.497 e. The number of nitrogen functional groups attached to an aromatic ring is 1. The Kier molecular flexibility index (Phi) is 4.06. The van der Waals surface area contributed by atoms with E-state index in [-0.39, 0.29) is 5.91 Å². The SMILES string of the molecule is COc1ccc(C(=O)N(C)Cc2ccsc2)c(N)c1. The Labute approximate surface area is 116 Å². The first-order valence-corrected chi connectivity index (χ1v) is 6.76. The second-order valence-electron chi connectivity index (χ2n) is 4.25. The van der Waals surface area contributed by atoms with Gasteiger partial charge in [0.15, 0.2) is 0 Å². The van der Waals surface area contributed by atoms with Crippen molar-refractivity contribution in [2.75, 3.05) is 19.9 Å². The second-order valence-corrected chi connectivity index (χ2v) is 5.03. The molecule has 0 fully saturated rings. The Bertz CT molecular complexity index is 567. The van der Waals surface area contributed by atoms with Crippen molar-refractivity contribution in [2.24, 2.45) is 0 Å². The van der Waals surface area contributed by atoms with Gasteiger partial charge in [0.05, 0.1) is 12.7 Å². The van der Waals surface area contributed by atoms with Gasteiger partial charge in [-0.05, 0) is 34.5 Å². The molecule has 0 aliphatic heterocycles. The number of nitrogens with zero attached hydrogens (tertiary/aromatic N) is 1. The molecule has 2 N–H and O–H groups in total. The van der Waals surface area contributed by atoms with Crippen LogP contribution in [0.3, 0.4) is 0 Å². The van der Waals surface area contributed by atoms with E-state index in [0.29, 0.717) is 23.5 Å². The molecule has 2 rings (SSSR count). The fraction of sp³-hybridized carbons (Fsp3) is 0.214. The standard InChI is InChI=1S/C14H16N2O2S/c1-16(8-10-5-6-19-9-10)14(17)12-4-3-11(18-2)7-13(12)15/h3-7,9H,8,15H2,1-2H3. The van der Waals surface area contributed by atoms with E-state index in [1.807, 2.05) is 16.8 Å². The van der Waals surface area contributed by atoms with Crippen molar-refractivity contribution >= 4 is 22.9 Å². The number of amides is 1. The highest BCUT2D eigenvalue weighted by Gasteiger charge is 2.15. The fourth-order valence-electron chi connectivity index (χ4n) is 1.80. The van der Waals surface area contributed by atoms with Crippen molar-refractivity contribution in [1.29, 1.82) is 0 Å². The van der Waals surface area contributed by atoms with Gasteiger partial charge in [0.25, 0.3) is 5.91 Å². The second kappa shape index (κ2) is 5.75. The lowest BCUT2D eigenvalue weighted by molar-refractivity contribution is 0.0786. The predicted octanol–water partition coefficient (Wildman–Crippen LogP) is 2.61. The van der Waals surface area contributed by atoms with E-state index in [1.165, 1.54) is 0 Å². The van der Waals surface area contributed by atoms with Crippen LogP contribution in [-0.4, -0.2) is 25.0 Å². The Morgan fingerprint density at radius 2 is 2.21 bits per heavy atom. The van der Waals surface area contributed by atoms with Crippen LogP contribution in [0.25, 0.3) is 0 Å². The zero-order valence-corrected chi connectivity index (χ0v) is 11.7. The monoisotopic (exact) mass is 276 g/mol. The highest BCUT2D eigenvalue weighted by Crippen LogP contribution is 2.21. The predicted molar refractivity (Wildman–Crippen MR) is 77.5 cm³/mol. The summed E-state index contributed by atoms with van der Waals surface area (Å²) in [5.74, 6) is 0.556. The minimum atomic E-state index is -0.0913. The zero-order valence-electron chi connectivity index (χ0n) is 10.9. The van der Waals surface area contributed by atoms with Crippen molar-refractivity contribution in [1.82, 2.24) is 4.90 Å². The Hall–Kier alpha value is -2.01. The number of carbonyl (C=O) groups is 1. The number of anilines is 1. The van der Waals surface area contributed by atoms with Crippen molar-refractivity contribution in [3.8, 4) is 5.75 Å². The van der Waals surface area contributed by atoms with Crippen LogP contribution in [0.2, 0.25) is 0 Å². The minimum absolute atomic E-state index is 0.0913. The van der Waals surface area contributed by atoms with Crippen LogP contribution < -0.4 is 10.5 Å². The van der Waals surface area contributed by atoms with Gasteiger partial charge in [0.1, 0.15) is 5.75 Å². The third-order valence-corrected chi connectivity index (χ3v) is 3.57. The summed E-state index contributed by atoms with van der Waals surface area (Å²) in [7, 11) is 3.34. The first-order valence-electron chi connectivity index (χ1n) is 5.82. The summed E-state index contributed by atoms with van der Waals surface area (Å²) in [5.41, 5.74) is 7.93. The summed E-state index contributed by atoms with van der Waals surface area (Å²) in [6.45, 7) is 0.577. The summed E-state index contributed by atoms with van der Waals surface area (Å²) >= 11 is 1.62. The molecule has 0 radical (unpaired) electrons. The molecule has 0 saturated heterocycles. The van der Waals surface area contributed by atoms with Crippen LogP contribution >= 0.6 is 11.3 Å². The lowest BCUT2D eigenvalue weighted by Gasteiger charge is -2.18. The smallest absolute Gasteiger partial charge is 0.255 e. The van der Waals surface area contributed by atoms with Gasteiger partial charge in [-0.15, -0.1) is 0 Å². The summed E-state index contributed by atoms with van der Waals surface area (Å²) in [4.78, 5) is 14.0. The molecule has 19 heavy (non-hydrogen) atoms. The summed E-state index contributed by atoms with van der Waals surface area (Å²) in [5, 5.41) is 4.02. The van der Waals surface area contributed by atoms with Crippen molar-refractivity contribution in [2.45, 2.75) is 6.54 Å². The molecule has 1 heterocycles. The molecule has 0 bridgehead atoms. The van der Waals surface area contributed by atoms with Crippen LogP contribution in [0.4, 0.5) is 5.69 Å². The molecule has 0 atom stereocenters. The van der Waals surface area contributed by atoms with Crippen LogP contribution in [0, 0.1) is 0 Å². The molecule has 0 saturated carbocycles. The van der Waals surface area contributed by atoms with Gasteiger partial charge in [-0.3, -0.25) is 4.79 Å². The van der Waals surface area contributed by atoms with Gasteiger partial charge in [0, 0.05) is 25.3 Å². The number of methoxy groups -OCH3 is 1. The number of hydrogen-bond acceptors (Lipinski definition) is 4. The maximum absolute atomic E-state index is 12.3. The zero-order chi connectivity index (χ0) is 13.8. The fourth-order valence-corrected chi connectivity index (χ4v) is 2.46. The molecule has 4 nitrogen and oxygen atoms in total. The highest BCUT2D eigenvalue weighted by molar-refractivity contribution is 7.07. The number of hydrogen-bond donors (Lipinski definition) is 1. The maximum atomic E-state index is 12.3. The van der Waals surface area contributed by atoms with Crippen molar-refractivity contribution < 1.29 is 9.53 Å². The normalized spacial score (nSPS) is 10.2. The Morgan fingerprint density at radius 3 is 2.79 bits per heavy atom. The van der Waals surface area contributed by atoms with E-state index in [4.69, 9.17) is 10.5 Å². The molecular weight excluding hydrogens is 260 g/mol. The van der Waals surface area contributed by atoms with E-state index in [9.17, 15) is 4.79 Å². The van der Waals surface area contributed by atoms with E-state index in [1.54, 1.807) is 48.6 Å². The Morgan fingerprint density at radius 1 is 1.42 bits per heavy atom. The highest BCUT2D eigenvalue weighted by atomic mass is 32.1. The van der Waals surface area contributed by atoms with Gasteiger partial charge < -0.3 is 15.4 Å².